The summed E-state index contributed by atoms with van der Waals surface area (Å²) in [5.41, 5.74) is 0. The summed E-state index contributed by atoms with van der Waals surface area (Å²) in [5, 5.41) is 49.1. The monoisotopic (exact) mass is 535 g/mol. The lowest BCUT2D eigenvalue weighted by atomic mass is 10.2. The van der Waals surface area contributed by atoms with E-state index >= 15 is 0 Å². The van der Waals surface area contributed by atoms with Crippen molar-refractivity contribution < 1.29 is 54.2 Å². The van der Waals surface area contributed by atoms with Gasteiger partial charge < -0.3 is 35.6 Å². The number of carbonyl (C=O) groups is 5. The fourth-order valence-corrected chi connectivity index (χ4v) is 3.69. The van der Waals surface area contributed by atoms with Crippen molar-refractivity contribution in [2.24, 2.45) is 0 Å². The Morgan fingerprint density at radius 3 is 1.35 bits per heavy atom. The van der Waals surface area contributed by atoms with Gasteiger partial charge in [0.2, 0.25) is 5.91 Å². The summed E-state index contributed by atoms with van der Waals surface area (Å²) in [6.07, 6.45) is -1.01. The molecule has 1 amide bonds. The van der Waals surface area contributed by atoms with Crippen LogP contribution in [0.15, 0.2) is 0 Å². The molecule has 0 aliphatic carbocycles. The van der Waals surface area contributed by atoms with Crippen LogP contribution in [0.3, 0.4) is 0 Å². The van der Waals surface area contributed by atoms with Crippen LogP contribution in [0.2, 0.25) is 0 Å². The zero-order valence-electron chi connectivity index (χ0n) is 20.7. The molecule has 16 nitrogen and oxygen atoms in total. The Balaban J connectivity index is 2.81. The standard InChI is InChI=1S/C21H37N5O11/c27-16(9-22-17(28)14-37-15-21(35)36)10-23-1-3-24(11-18(29)30)5-7-26(13-20(33)34)8-6-25(4-2-23)12-19(31)32/h16,27H,1-15H2,(H,22,28)(H,29,30)(H,31,32)(H,33,34)(H,35,36). The minimum Gasteiger partial charge on any atom is -0.480 e. The number of carboxylic acids is 4. The second-order valence-corrected chi connectivity index (χ2v) is 8.65. The first-order valence-corrected chi connectivity index (χ1v) is 11.7. The average molecular weight is 536 g/mol. The summed E-state index contributed by atoms with van der Waals surface area (Å²) in [7, 11) is 0. The van der Waals surface area contributed by atoms with Crippen LogP contribution in [0.4, 0.5) is 0 Å². The molecular weight excluding hydrogens is 498 g/mol. The molecule has 1 heterocycles. The number of aliphatic hydroxyl groups is 1. The second-order valence-electron chi connectivity index (χ2n) is 8.65. The summed E-state index contributed by atoms with van der Waals surface area (Å²) >= 11 is 0. The van der Waals surface area contributed by atoms with Crippen molar-refractivity contribution in [3.63, 3.8) is 0 Å². The van der Waals surface area contributed by atoms with Crippen LogP contribution in [0.25, 0.3) is 0 Å². The highest BCUT2D eigenvalue weighted by Gasteiger charge is 2.21. The quantitative estimate of drug-likeness (QED) is 0.125. The number of nitrogens with one attached hydrogen (secondary N) is 1. The van der Waals surface area contributed by atoms with E-state index in [4.69, 9.17) is 5.11 Å². The Bertz CT molecular complexity index is 737. The molecule has 212 valence electrons. The fourth-order valence-electron chi connectivity index (χ4n) is 3.69. The lowest BCUT2D eigenvalue weighted by molar-refractivity contribution is -0.144. The van der Waals surface area contributed by atoms with E-state index in [2.05, 4.69) is 10.1 Å². The molecule has 1 aliphatic heterocycles. The van der Waals surface area contributed by atoms with Gasteiger partial charge in [-0.05, 0) is 0 Å². The van der Waals surface area contributed by atoms with Crippen LogP contribution in [0, 0.1) is 0 Å². The maximum atomic E-state index is 11.7. The molecule has 0 spiro atoms. The number of ether oxygens (including phenoxy) is 1. The molecule has 1 unspecified atom stereocenters. The predicted octanol–water partition coefficient (Wildman–Crippen LogP) is -3.96. The van der Waals surface area contributed by atoms with E-state index < -0.39 is 49.1 Å². The highest BCUT2D eigenvalue weighted by atomic mass is 16.5. The van der Waals surface area contributed by atoms with Gasteiger partial charge in [0.05, 0.1) is 25.7 Å². The van der Waals surface area contributed by atoms with Gasteiger partial charge in [-0.15, -0.1) is 0 Å². The molecule has 16 heteroatoms. The van der Waals surface area contributed by atoms with E-state index in [9.17, 15) is 44.4 Å². The number of carbonyl (C=O) groups excluding carboxylic acids is 1. The molecule has 1 atom stereocenters. The Kier molecular flexibility index (Phi) is 15.2. The van der Waals surface area contributed by atoms with Gasteiger partial charge in [-0.3, -0.25) is 38.8 Å². The zero-order valence-corrected chi connectivity index (χ0v) is 20.7. The largest absolute Gasteiger partial charge is 0.480 e. The summed E-state index contributed by atoms with van der Waals surface area (Å²) in [6.45, 7) is 0.476. The van der Waals surface area contributed by atoms with Gasteiger partial charge in [0.25, 0.3) is 0 Å². The topological polar surface area (TPSA) is 221 Å². The van der Waals surface area contributed by atoms with Crippen molar-refractivity contribution in [2.45, 2.75) is 6.10 Å². The van der Waals surface area contributed by atoms with Crippen molar-refractivity contribution in [1.82, 2.24) is 24.9 Å². The van der Waals surface area contributed by atoms with Gasteiger partial charge in [-0.2, -0.15) is 0 Å². The molecule has 1 fully saturated rings. The number of aliphatic carboxylic acids is 4. The molecule has 1 rings (SSSR count). The Labute approximate surface area is 214 Å². The Hall–Kier alpha value is -2.89. The average Bonchev–Trinajstić information content (AvgIpc) is 2.78. The number of nitrogens with zero attached hydrogens (tertiary/aromatic N) is 4. The first-order chi connectivity index (χ1) is 17.4. The molecule has 0 bridgehead atoms. The smallest absolute Gasteiger partial charge is 0.329 e. The third-order valence-electron chi connectivity index (χ3n) is 5.47. The lowest BCUT2D eigenvalue weighted by Crippen LogP contribution is -2.50. The lowest BCUT2D eigenvalue weighted by Gasteiger charge is -2.33. The first kappa shape index (κ1) is 32.1. The van der Waals surface area contributed by atoms with Crippen LogP contribution in [0.5, 0.6) is 0 Å². The molecule has 1 aliphatic rings. The first-order valence-electron chi connectivity index (χ1n) is 11.7. The third kappa shape index (κ3) is 16.5. The molecule has 0 aromatic carbocycles. The van der Waals surface area contributed by atoms with Crippen LogP contribution in [-0.4, -0.2) is 179 Å². The molecule has 1 saturated heterocycles. The second kappa shape index (κ2) is 17.5. The highest BCUT2D eigenvalue weighted by Crippen LogP contribution is 2.02. The van der Waals surface area contributed by atoms with Gasteiger partial charge in [0, 0.05) is 65.4 Å². The normalized spacial score (nSPS) is 18.3. The summed E-state index contributed by atoms with van der Waals surface area (Å²) in [5.74, 6) is -4.93. The van der Waals surface area contributed by atoms with E-state index in [1.54, 1.807) is 14.7 Å². The number of rotatable bonds is 14. The van der Waals surface area contributed by atoms with Crippen LogP contribution >= 0.6 is 0 Å². The highest BCUT2D eigenvalue weighted by molar-refractivity contribution is 5.77. The number of hydrogen-bond acceptors (Lipinski definition) is 11. The molecule has 0 radical (unpaired) electrons. The number of amides is 1. The molecule has 0 saturated carbocycles. The van der Waals surface area contributed by atoms with Gasteiger partial charge in [0.1, 0.15) is 13.2 Å². The van der Waals surface area contributed by atoms with E-state index in [1.807, 2.05) is 4.90 Å². The van der Waals surface area contributed by atoms with E-state index in [1.165, 1.54) is 0 Å². The molecule has 0 aromatic heterocycles. The predicted molar refractivity (Wildman–Crippen MR) is 126 cm³/mol. The summed E-state index contributed by atoms with van der Waals surface area (Å²) in [6, 6.07) is 0. The Morgan fingerprint density at radius 1 is 0.622 bits per heavy atom. The minimum atomic E-state index is -1.22. The minimum absolute atomic E-state index is 0.100. The SMILES string of the molecule is O=C(O)COCC(=O)NCC(O)CN1CCN(CC(=O)O)CCN(CC(=O)O)CCN(CC(=O)O)CC1. The fraction of sp³-hybridized carbons (Fsp3) is 0.762. The molecule has 37 heavy (non-hydrogen) atoms. The van der Waals surface area contributed by atoms with Gasteiger partial charge in [-0.25, -0.2) is 4.79 Å². The number of carboxylic acid groups (broad SMARTS) is 4. The molecule has 6 N–H and O–H groups in total. The molecule has 0 aromatic rings. The third-order valence-corrected chi connectivity index (χ3v) is 5.47. The number of aliphatic hydroxyl groups excluding tert-OH is 1. The molecular formula is C21H37N5O11. The van der Waals surface area contributed by atoms with Crippen LogP contribution in [-0.2, 0) is 28.7 Å². The van der Waals surface area contributed by atoms with Crippen molar-refractivity contribution in [3.8, 4) is 0 Å². The van der Waals surface area contributed by atoms with Crippen LogP contribution in [0.1, 0.15) is 0 Å². The van der Waals surface area contributed by atoms with Gasteiger partial charge >= 0.3 is 23.9 Å². The summed E-state index contributed by atoms with van der Waals surface area (Å²) < 4.78 is 4.69. The summed E-state index contributed by atoms with van der Waals surface area (Å²) in [4.78, 5) is 62.8. The van der Waals surface area contributed by atoms with Gasteiger partial charge in [-0.1, -0.05) is 0 Å². The van der Waals surface area contributed by atoms with Gasteiger partial charge in [0.15, 0.2) is 0 Å². The number of β-amino-alcohol motifs (C(OH)–C–C–N with tert-alkyl or cyclic N) is 1. The van der Waals surface area contributed by atoms with E-state index in [0.29, 0.717) is 26.2 Å². The van der Waals surface area contributed by atoms with Crippen molar-refractivity contribution in [1.29, 1.82) is 0 Å². The maximum Gasteiger partial charge on any atom is 0.329 e. The number of hydrogen-bond donors (Lipinski definition) is 6. The van der Waals surface area contributed by atoms with Crippen LogP contribution < -0.4 is 5.32 Å². The Morgan fingerprint density at radius 2 is 1.00 bits per heavy atom. The van der Waals surface area contributed by atoms with Crippen molar-refractivity contribution >= 4 is 29.8 Å². The zero-order chi connectivity index (χ0) is 27.8. The maximum absolute atomic E-state index is 11.7. The van der Waals surface area contributed by atoms with E-state index in [0.717, 1.165) is 0 Å². The van der Waals surface area contributed by atoms with Crippen molar-refractivity contribution in [3.05, 3.63) is 0 Å². The van der Waals surface area contributed by atoms with E-state index in [-0.39, 0.29) is 58.9 Å². The van der Waals surface area contributed by atoms with Crippen molar-refractivity contribution in [2.75, 3.05) is 98.3 Å².